The second kappa shape index (κ2) is 4.97. The number of aliphatic carboxylic acids is 1. The van der Waals surface area contributed by atoms with Crippen LogP contribution in [0.3, 0.4) is 0 Å². The first-order valence-corrected chi connectivity index (χ1v) is 5.40. The van der Waals surface area contributed by atoms with Crippen LogP contribution in [0.5, 0.6) is 0 Å². The molecule has 18 heavy (non-hydrogen) atoms. The highest BCUT2D eigenvalue weighted by Crippen LogP contribution is 2.06. The molecule has 94 valence electrons. The zero-order valence-electron chi connectivity index (χ0n) is 9.71. The molecule has 1 heterocycles. The summed E-state index contributed by atoms with van der Waals surface area (Å²) in [5.74, 6) is -0.745. The molecule has 2 rings (SSSR count). The first-order chi connectivity index (χ1) is 8.58. The summed E-state index contributed by atoms with van der Waals surface area (Å²) in [6.07, 6.45) is -0.943. The molecule has 0 aliphatic rings. The van der Waals surface area contributed by atoms with E-state index in [1.807, 2.05) is 0 Å². The molecular weight excluding hydrogens is 236 g/mol. The number of nitrogens with zero attached hydrogens (tertiary/aromatic N) is 1. The molecule has 1 aromatic heterocycles. The first-order valence-electron chi connectivity index (χ1n) is 5.40. The van der Waals surface area contributed by atoms with E-state index < -0.39 is 12.1 Å². The summed E-state index contributed by atoms with van der Waals surface area (Å²) < 4.78 is 5.06. The fourth-order valence-corrected chi connectivity index (χ4v) is 1.48. The number of carbonyl (C=O) groups is 1. The van der Waals surface area contributed by atoms with Crippen LogP contribution in [0.25, 0.3) is 10.9 Å². The van der Waals surface area contributed by atoms with E-state index in [2.05, 4.69) is 9.97 Å². The Hall–Kier alpha value is -2.21. The molecule has 0 saturated heterocycles. The maximum absolute atomic E-state index is 11.7. The summed E-state index contributed by atoms with van der Waals surface area (Å²) in [5, 5.41) is 9.16. The zero-order chi connectivity index (χ0) is 13.1. The van der Waals surface area contributed by atoms with E-state index in [1.54, 1.807) is 24.3 Å². The van der Waals surface area contributed by atoms with Crippen LogP contribution in [0, 0.1) is 0 Å². The summed E-state index contributed by atoms with van der Waals surface area (Å²) in [6.45, 7) is 1.37. The number of carboxylic acid groups (broad SMARTS) is 1. The highest BCUT2D eigenvalue weighted by molar-refractivity contribution is 5.77. The maximum atomic E-state index is 11.7. The third-order valence-electron chi connectivity index (χ3n) is 2.48. The van der Waals surface area contributed by atoms with E-state index in [4.69, 9.17) is 9.84 Å². The Bertz CT molecular complexity index is 635. The van der Waals surface area contributed by atoms with E-state index >= 15 is 0 Å². The van der Waals surface area contributed by atoms with Gasteiger partial charge in [0.25, 0.3) is 5.56 Å². The normalized spacial score (nSPS) is 12.5. The van der Waals surface area contributed by atoms with Gasteiger partial charge in [0, 0.05) is 0 Å². The molecule has 0 aliphatic carbocycles. The van der Waals surface area contributed by atoms with Gasteiger partial charge in [-0.3, -0.25) is 4.79 Å². The highest BCUT2D eigenvalue weighted by atomic mass is 16.5. The molecule has 0 radical (unpaired) electrons. The van der Waals surface area contributed by atoms with Crippen molar-refractivity contribution in [1.29, 1.82) is 0 Å². The van der Waals surface area contributed by atoms with E-state index in [9.17, 15) is 9.59 Å². The van der Waals surface area contributed by atoms with Gasteiger partial charge in [-0.2, -0.15) is 0 Å². The van der Waals surface area contributed by atoms with Crippen LogP contribution >= 0.6 is 0 Å². The summed E-state index contributed by atoms with van der Waals surface area (Å²) >= 11 is 0. The lowest BCUT2D eigenvalue weighted by molar-refractivity contribution is -0.150. The van der Waals surface area contributed by atoms with Crippen LogP contribution < -0.4 is 5.56 Å². The number of benzene rings is 1. The standard InChI is InChI=1S/C12H12N2O4/c1-7(12(16)17)18-6-10-13-9-5-3-2-4-8(9)11(15)14-10/h2-5,7H,6H2,1H3,(H,16,17)(H,13,14,15)/t7-/m1/s1. The second-order valence-electron chi connectivity index (χ2n) is 3.82. The third kappa shape index (κ3) is 2.54. The minimum atomic E-state index is -1.06. The minimum absolute atomic E-state index is 0.0481. The third-order valence-corrected chi connectivity index (χ3v) is 2.48. The molecule has 1 aromatic carbocycles. The number of fused-ring (bicyclic) bond motifs is 1. The van der Waals surface area contributed by atoms with Gasteiger partial charge in [0.1, 0.15) is 12.4 Å². The van der Waals surface area contributed by atoms with Crippen molar-refractivity contribution >= 4 is 16.9 Å². The molecule has 0 aliphatic heterocycles. The van der Waals surface area contributed by atoms with Crippen molar-refractivity contribution in [3.63, 3.8) is 0 Å². The fourth-order valence-electron chi connectivity index (χ4n) is 1.48. The largest absolute Gasteiger partial charge is 0.479 e. The topological polar surface area (TPSA) is 92.3 Å². The zero-order valence-corrected chi connectivity index (χ0v) is 9.71. The first kappa shape index (κ1) is 12.3. The second-order valence-corrected chi connectivity index (χ2v) is 3.82. The molecule has 0 unspecified atom stereocenters. The van der Waals surface area contributed by atoms with Crippen LogP contribution in [0.15, 0.2) is 29.1 Å². The lowest BCUT2D eigenvalue weighted by atomic mass is 10.2. The average Bonchev–Trinajstić information content (AvgIpc) is 2.36. The number of rotatable bonds is 4. The van der Waals surface area contributed by atoms with Gasteiger partial charge >= 0.3 is 5.97 Å². The number of ether oxygens (including phenoxy) is 1. The van der Waals surface area contributed by atoms with Crippen molar-refractivity contribution in [3.8, 4) is 0 Å². The molecule has 2 aromatic rings. The number of hydrogen-bond acceptors (Lipinski definition) is 4. The molecule has 0 spiro atoms. The number of hydrogen-bond donors (Lipinski definition) is 2. The lowest BCUT2D eigenvalue weighted by Crippen LogP contribution is -2.21. The smallest absolute Gasteiger partial charge is 0.332 e. The molecule has 0 saturated carbocycles. The van der Waals surface area contributed by atoms with E-state index in [-0.39, 0.29) is 12.2 Å². The quantitative estimate of drug-likeness (QED) is 0.839. The van der Waals surface area contributed by atoms with Crippen molar-refractivity contribution in [3.05, 3.63) is 40.4 Å². The SMILES string of the molecule is C[C@@H](OCc1nc2ccccc2c(=O)[nH]1)C(=O)O. The van der Waals surface area contributed by atoms with Gasteiger partial charge in [-0.15, -0.1) is 0 Å². The van der Waals surface area contributed by atoms with Crippen LogP contribution in [0.2, 0.25) is 0 Å². The van der Waals surface area contributed by atoms with Gasteiger partial charge in [-0.1, -0.05) is 12.1 Å². The van der Waals surface area contributed by atoms with Crippen molar-refractivity contribution < 1.29 is 14.6 Å². The van der Waals surface area contributed by atoms with Crippen LogP contribution in [0.4, 0.5) is 0 Å². The van der Waals surface area contributed by atoms with Gasteiger partial charge < -0.3 is 14.8 Å². The summed E-state index contributed by atoms with van der Waals surface area (Å²) in [7, 11) is 0. The number of aromatic nitrogens is 2. The molecule has 0 bridgehead atoms. The Labute approximate surface area is 102 Å². The van der Waals surface area contributed by atoms with Crippen molar-refractivity contribution in [1.82, 2.24) is 9.97 Å². The maximum Gasteiger partial charge on any atom is 0.332 e. The fraction of sp³-hybridized carbons (Fsp3) is 0.250. The molecule has 2 N–H and O–H groups in total. The number of nitrogens with one attached hydrogen (secondary N) is 1. The monoisotopic (exact) mass is 248 g/mol. The van der Waals surface area contributed by atoms with Gasteiger partial charge in [0.2, 0.25) is 0 Å². The molecule has 0 fully saturated rings. The van der Waals surface area contributed by atoms with Crippen molar-refractivity contribution in [2.24, 2.45) is 0 Å². The molecule has 0 amide bonds. The predicted octanol–water partition coefficient (Wildman–Crippen LogP) is 0.913. The van der Waals surface area contributed by atoms with Gasteiger partial charge in [0.05, 0.1) is 10.9 Å². The minimum Gasteiger partial charge on any atom is -0.479 e. The summed E-state index contributed by atoms with van der Waals surface area (Å²) in [5.41, 5.74) is 0.296. The Kier molecular flexibility index (Phi) is 3.38. The number of H-pyrrole nitrogens is 1. The predicted molar refractivity (Wildman–Crippen MR) is 64.3 cm³/mol. The molecule has 6 nitrogen and oxygen atoms in total. The number of carboxylic acids is 1. The van der Waals surface area contributed by atoms with Crippen LogP contribution in [-0.2, 0) is 16.1 Å². The van der Waals surface area contributed by atoms with Crippen molar-refractivity contribution in [2.45, 2.75) is 19.6 Å². The number of aromatic amines is 1. The Balaban J connectivity index is 2.25. The van der Waals surface area contributed by atoms with E-state index in [0.29, 0.717) is 16.7 Å². The van der Waals surface area contributed by atoms with Gasteiger partial charge in [0.15, 0.2) is 6.10 Å². The molecule has 1 atom stereocenters. The van der Waals surface area contributed by atoms with E-state index in [1.165, 1.54) is 6.92 Å². The summed E-state index contributed by atoms with van der Waals surface area (Å²) in [6, 6.07) is 6.92. The van der Waals surface area contributed by atoms with E-state index in [0.717, 1.165) is 0 Å². The van der Waals surface area contributed by atoms with Crippen molar-refractivity contribution in [2.75, 3.05) is 0 Å². The lowest BCUT2D eigenvalue weighted by Gasteiger charge is -2.08. The van der Waals surface area contributed by atoms with Crippen LogP contribution in [-0.4, -0.2) is 27.1 Å². The summed E-state index contributed by atoms with van der Waals surface area (Å²) in [4.78, 5) is 29.0. The Morgan fingerprint density at radius 3 is 2.94 bits per heavy atom. The molecular formula is C12H12N2O4. The average molecular weight is 248 g/mol. The highest BCUT2D eigenvalue weighted by Gasteiger charge is 2.12. The van der Waals surface area contributed by atoms with Gasteiger partial charge in [-0.25, -0.2) is 9.78 Å². The number of para-hydroxylation sites is 1. The molecule has 6 heteroatoms. The van der Waals surface area contributed by atoms with Crippen LogP contribution in [0.1, 0.15) is 12.7 Å². The Morgan fingerprint density at radius 2 is 2.22 bits per heavy atom. The van der Waals surface area contributed by atoms with Gasteiger partial charge in [-0.05, 0) is 19.1 Å². The Morgan fingerprint density at radius 1 is 1.50 bits per heavy atom.